The molecule has 2 aromatic carbocycles. The van der Waals surface area contributed by atoms with Crippen LogP contribution < -0.4 is 15.0 Å². The molecule has 0 aliphatic carbocycles. The summed E-state index contributed by atoms with van der Waals surface area (Å²) in [7, 11) is 1.53. The van der Waals surface area contributed by atoms with Crippen molar-refractivity contribution in [2.75, 3.05) is 23.1 Å². The zero-order chi connectivity index (χ0) is 19.4. The molecule has 1 saturated heterocycles. The van der Waals surface area contributed by atoms with Crippen LogP contribution in [0.3, 0.4) is 0 Å². The molecule has 2 aromatic rings. The van der Waals surface area contributed by atoms with Gasteiger partial charge in [-0.3, -0.25) is 14.4 Å². The quantitative estimate of drug-likeness (QED) is 0.491. The summed E-state index contributed by atoms with van der Waals surface area (Å²) >= 11 is 3.33. The summed E-state index contributed by atoms with van der Waals surface area (Å²) in [4.78, 5) is 38.3. The highest BCUT2D eigenvalue weighted by Crippen LogP contribution is 2.30. The lowest BCUT2D eigenvalue weighted by Crippen LogP contribution is -2.31. The van der Waals surface area contributed by atoms with Crippen LogP contribution in [0.4, 0.5) is 11.4 Å². The number of rotatable bonds is 6. The smallest absolute Gasteiger partial charge is 0.247 e. The number of anilines is 2. The van der Waals surface area contributed by atoms with Gasteiger partial charge >= 0.3 is 0 Å². The average molecular weight is 496 g/mol. The third kappa shape index (κ3) is 4.62. The molecule has 3 amide bonds. The minimum absolute atomic E-state index is 0.0717. The van der Waals surface area contributed by atoms with Crippen LogP contribution in [0.5, 0.6) is 5.75 Å². The number of nitrogens with one attached hydrogen (secondary N) is 1. The van der Waals surface area contributed by atoms with Crippen LogP contribution in [0.1, 0.15) is 6.42 Å². The fourth-order valence-corrected chi connectivity index (χ4v) is 4.00. The summed E-state index contributed by atoms with van der Waals surface area (Å²) < 4.78 is 6.22. The second-order valence-electron chi connectivity index (χ2n) is 5.80. The van der Waals surface area contributed by atoms with Crippen molar-refractivity contribution in [2.24, 2.45) is 0 Å². The number of halogens is 1. The average Bonchev–Trinajstić information content (AvgIpc) is 2.95. The summed E-state index contributed by atoms with van der Waals surface area (Å²) in [5.41, 5.74) is 1.13. The van der Waals surface area contributed by atoms with Gasteiger partial charge in [0.2, 0.25) is 17.7 Å². The first-order valence-corrected chi connectivity index (χ1v) is 10.3. The van der Waals surface area contributed by atoms with E-state index in [1.165, 1.54) is 23.8 Å². The van der Waals surface area contributed by atoms with Crippen molar-refractivity contribution >= 4 is 63.4 Å². The molecule has 1 atom stereocenters. The van der Waals surface area contributed by atoms with Gasteiger partial charge in [0.15, 0.2) is 0 Å². The Hall–Kier alpha value is -2.07. The fourth-order valence-electron chi connectivity index (χ4n) is 2.71. The number of benzene rings is 2. The number of methoxy groups -OCH3 is 1. The van der Waals surface area contributed by atoms with Gasteiger partial charge in [0.05, 0.1) is 29.5 Å². The molecule has 1 N–H and O–H groups in total. The molecule has 140 valence electrons. The van der Waals surface area contributed by atoms with Crippen molar-refractivity contribution in [3.63, 3.8) is 0 Å². The molecule has 0 bridgehead atoms. The van der Waals surface area contributed by atoms with Crippen molar-refractivity contribution in [3.8, 4) is 5.75 Å². The number of para-hydroxylation sites is 2. The lowest BCUT2D eigenvalue weighted by Gasteiger charge is -2.15. The lowest BCUT2D eigenvalue weighted by molar-refractivity contribution is -0.121. The van der Waals surface area contributed by atoms with E-state index in [0.717, 1.165) is 3.57 Å². The normalized spacial score (nSPS) is 16.5. The van der Waals surface area contributed by atoms with Crippen molar-refractivity contribution in [1.29, 1.82) is 0 Å². The van der Waals surface area contributed by atoms with Crippen molar-refractivity contribution in [3.05, 3.63) is 52.1 Å². The molecule has 0 saturated carbocycles. The summed E-state index contributed by atoms with van der Waals surface area (Å²) in [6.07, 6.45) is 0.0947. The van der Waals surface area contributed by atoms with Gasteiger partial charge < -0.3 is 10.1 Å². The predicted octanol–water partition coefficient (Wildman–Crippen LogP) is 3.30. The summed E-state index contributed by atoms with van der Waals surface area (Å²) in [6, 6.07) is 14.3. The Morgan fingerprint density at radius 1 is 1.22 bits per heavy atom. The van der Waals surface area contributed by atoms with Crippen molar-refractivity contribution in [1.82, 2.24) is 0 Å². The van der Waals surface area contributed by atoms with Crippen LogP contribution in [-0.2, 0) is 14.4 Å². The number of amides is 3. The summed E-state index contributed by atoms with van der Waals surface area (Å²) in [5.74, 6) is -0.145. The molecule has 0 aromatic heterocycles. The number of hydrogen-bond donors (Lipinski definition) is 1. The van der Waals surface area contributed by atoms with Gasteiger partial charge in [0, 0.05) is 9.99 Å². The van der Waals surface area contributed by atoms with Gasteiger partial charge in [-0.15, -0.1) is 11.8 Å². The van der Waals surface area contributed by atoms with E-state index in [2.05, 4.69) is 27.9 Å². The van der Waals surface area contributed by atoms with Gasteiger partial charge in [0.1, 0.15) is 5.75 Å². The number of thioether (sulfide) groups is 1. The van der Waals surface area contributed by atoms with E-state index in [4.69, 9.17) is 4.74 Å². The van der Waals surface area contributed by atoms with Gasteiger partial charge in [-0.2, -0.15) is 0 Å². The van der Waals surface area contributed by atoms with Gasteiger partial charge in [-0.05, 0) is 59.0 Å². The highest BCUT2D eigenvalue weighted by Gasteiger charge is 2.40. The molecular formula is C19H17IN2O4S. The highest BCUT2D eigenvalue weighted by atomic mass is 127. The molecule has 1 aliphatic heterocycles. The standard InChI is InChI=1S/C19H17IN2O4S/c1-26-15-5-3-2-4-14(15)21-17(23)11-27-16-10-18(24)22(19(16)25)13-8-6-12(20)7-9-13/h2-9,16H,10-11H2,1H3,(H,21,23)/t16-/m1/s1. The third-order valence-corrected chi connectivity index (χ3v) is 5.91. The molecule has 1 aliphatic rings. The number of hydrogen-bond acceptors (Lipinski definition) is 5. The van der Waals surface area contributed by atoms with E-state index in [9.17, 15) is 14.4 Å². The number of imide groups is 1. The van der Waals surface area contributed by atoms with Crippen LogP contribution in [0.25, 0.3) is 0 Å². The maximum absolute atomic E-state index is 12.6. The predicted molar refractivity (Wildman–Crippen MR) is 114 cm³/mol. The largest absolute Gasteiger partial charge is 0.495 e. The number of carbonyl (C=O) groups is 3. The first-order valence-electron chi connectivity index (χ1n) is 8.16. The molecule has 1 fully saturated rings. The van der Waals surface area contributed by atoms with Crippen LogP contribution >= 0.6 is 34.4 Å². The van der Waals surface area contributed by atoms with Gasteiger partial charge in [0.25, 0.3) is 0 Å². The Balaban J connectivity index is 1.60. The Morgan fingerprint density at radius 2 is 1.93 bits per heavy atom. The van der Waals surface area contributed by atoms with E-state index in [1.807, 2.05) is 18.2 Å². The SMILES string of the molecule is COc1ccccc1NC(=O)CS[C@@H]1CC(=O)N(c2ccc(I)cc2)C1=O. The monoisotopic (exact) mass is 496 g/mol. The molecule has 3 rings (SSSR count). The van der Waals surface area contributed by atoms with E-state index in [1.54, 1.807) is 30.3 Å². The minimum atomic E-state index is -0.555. The van der Waals surface area contributed by atoms with Crippen LogP contribution in [0.15, 0.2) is 48.5 Å². The van der Waals surface area contributed by atoms with Crippen molar-refractivity contribution < 1.29 is 19.1 Å². The van der Waals surface area contributed by atoms with Crippen LogP contribution in [-0.4, -0.2) is 35.8 Å². The zero-order valence-electron chi connectivity index (χ0n) is 14.5. The maximum atomic E-state index is 12.6. The Labute approximate surface area is 174 Å². The number of nitrogens with zero attached hydrogens (tertiary/aromatic N) is 1. The summed E-state index contributed by atoms with van der Waals surface area (Å²) in [6.45, 7) is 0. The third-order valence-electron chi connectivity index (χ3n) is 3.99. The molecule has 8 heteroatoms. The van der Waals surface area contributed by atoms with Crippen molar-refractivity contribution in [2.45, 2.75) is 11.7 Å². The molecule has 1 heterocycles. The maximum Gasteiger partial charge on any atom is 0.247 e. The number of carbonyl (C=O) groups excluding carboxylic acids is 3. The topological polar surface area (TPSA) is 75.7 Å². The zero-order valence-corrected chi connectivity index (χ0v) is 17.5. The molecule has 27 heavy (non-hydrogen) atoms. The van der Waals surface area contributed by atoms with Gasteiger partial charge in [-0.25, -0.2) is 4.90 Å². The summed E-state index contributed by atoms with van der Waals surface area (Å²) in [5, 5.41) is 2.21. The van der Waals surface area contributed by atoms with E-state index >= 15 is 0 Å². The first-order chi connectivity index (χ1) is 13.0. The first kappa shape index (κ1) is 19.7. The number of ether oxygens (including phenoxy) is 1. The Morgan fingerprint density at radius 3 is 2.63 bits per heavy atom. The van der Waals surface area contributed by atoms with Crippen LogP contribution in [0, 0.1) is 3.57 Å². The van der Waals surface area contributed by atoms with Gasteiger partial charge in [-0.1, -0.05) is 12.1 Å². The lowest BCUT2D eigenvalue weighted by atomic mass is 10.3. The molecule has 0 radical (unpaired) electrons. The molecular weight excluding hydrogens is 479 g/mol. The van der Waals surface area contributed by atoms with Crippen LogP contribution in [0.2, 0.25) is 0 Å². The fraction of sp³-hybridized carbons (Fsp3) is 0.211. The Kier molecular flexibility index (Phi) is 6.38. The highest BCUT2D eigenvalue weighted by molar-refractivity contribution is 14.1. The second-order valence-corrected chi connectivity index (χ2v) is 8.23. The Bertz CT molecular complexity index is 872. The molecule has 6 nitrogen and oxygen atoms in total. The minimum Gasteiger partial charge on any atom is -0.495 e. The molecule has 0 unspecified atom stereocenters. The van der Waals surface area contributed by atoms with E-state index in [0.29, 0.717) is 17.1 Å². The second kappa shape index (κ2) is 8.75. The van der Waals surface area contributed by atoms with E-state index in [-0.39, 0.29) is 29.9 Å². The van der Waals surface area contributed by atoms with E-state index < -0.39 is 5.25 Å². The molecule has 0 spiro atoms.